The van der Waals surface area contributed by atoms with Crippen molar-refractivity contribution in [3.63, 3.8) is 0 Å². The quantitative estimate of drug-likeness (QED) is 0.155. The Hall–Kier alpha value is -5.45. The molecule has 0 amide bonds. The van der Waals surface area contributed by atoms with E-state index in [9.17, 15) is 0 Å². The fraction of sp³-hybridized carbons (Fsp3) is 0.0488. The summed E-state index contributed by atoms with van der Waals surface area (Å²) in [5.74, 6) is 1.84. The molecule has 6 aromatic rings. The largest absolute Gasteiger partial charge is 0.208 e. The summed E-state index contributed by atoms with van der Waals surface area (Å²) >= 11 is 1.75. The summed E-state index contributed by atoms with van der Waals surface area (Å²) in [6.45, 7) is 12.1. The van der Waals surface area contributed by atoms with Gasteiger partial charge in [-0.15, -0.1) is 11.3 Å². The number of thiophene rings is 1. The third-order valence-corrected chi connectivity index (χ3v) is 8.99. The Balaban J connectivity index is 1.63. The highest BCUT2D eigenvalue weighted by Gasteiger charge is 2.21. The summed E-state index contributed by atoms with van der Waals surface area (Å²) in [6, 6.07) is 35.4. The van der Waals surface area contributed by atoms with Gasteiger partial charge in [0.2, 0.25) is 0 Å². The van der Waals surface area contributed by atoms with E-state index in [4.69, 9.17) is 15.0 Å². The van der Waals surface area contributed by atoms with E-state index in [0.717, 1.165) is 43.8 Å². The van der Waals surface area contributed by atoms with E-state index in [1.54, 1.807) is 17.4 Å². The van der Waals surface area contributed by atoms with Gasteiger partial charge in [-0.05, 0) is 53.1 Å². The lowest BCUT2D eigenvalue weighted by molar-refractivity contribution is 1.03. The van der Waals surface area contributed by atoms with Gasteiger partial charge < -0.3 is 0 Å². The van der Waals surface area contributed by atoms with Crippen LogP contribution in [0.1, 0.15) is 28.8 Å². The average molecular weight is 600 g/mol. The Morgan fingerprint density at radius 3 is 2.02 bits per heavy atom. The molecule has 2 aromatic heterocycles. The van der Waals surface area contributed by atoms with Crippen LogP contribution in [-0.4, -0.2) is 15.0 Å². The molecule has 0 saturated carbocycles. The molecular weight excluding hydrogens is 567 g/mol. The minimum atomic E-state index is 0.607. The van der Waals surface area contributed by atoms with Crippen LogP contribution in [0.3, 0.4) is 0 Å². The van der Waals surface area contributed by atoms with Crippen molar-refractivity contribution in [3.8, 4) is 33.9 Å². The van der Waals surface area contributed by atoms with Crippen LogP contribution in [0.4, 0.5) is 0 Å². The van der Waals surface area contributed by atoms with Crippen molar-refractivity contribution in [2.75, 3.05) is 0 Å². The number of fused-ring (bicyclic) bond motifs is 1. The number of aromatic nitrogens is 3. The SMILES string of the molecule is C=C/C=C\C=C(/C)c1ccccc1-c1nc(/C(=C/C=C)c2sc3ccccc3c2C)nc(-c2ccccc2-c2ccccc2)n1. The van der Waals surface area contributed by atoms with Gasteiger partial charge in [0.25, 0.3) is 0 Å². The Morgan fingerprint density at radius 1 is 0.644 bits per heavy atom. The van der Waals surface area contributed by atoms with Crippen molar-refractivity contribution in [2.45, 2.75) is 13.8 Å². The van der Waals surface area contributed by atoms with Crippen molar-refractivity contribution in [1.29, 1.82) is 0 Å². The van der Waals surface area contributed by atoms with Gasteiger partial charge in [-0.2, -0.15) is 0 Å². The molecule has 0 N–H and O–H groups in total. The minimum absolute atomic E-state index is 0.607. The van der Waals surface area contributed by atoms with E-state index in [0.29, 0.717) is 17.5 Å². The van der Waals surface area contributed by atoms with E-state index in [1.807, 2.05) is 48.6 Å². The summed E-state index contributed by atoms with van der Waals surface area (Å²) in [5.41, 5.74) is 8.32. The lowest BCUT2D eigenvalue weighted by atomic mass is 9.98. The number of nitrogens with zero attached hydrogens (tertiary/aromatic N) is 3. The molecule has 0 saturated heterocycles. The van der Waals surface area contributed by atoms with Gasteiger partial charge in [0, 0.05) is 26.3 Å². The number of benzene rings is 4. The van der Waals surface area contributed by atoms with Gasteiger partial charge in [-0.25, -0.2) is 15.0 Å². The fourth-order valence-electron chi connectivity index (χ4n) is 5.48. The van der Waals surface area contributed by atoms with Crippen LogP contribution in [-0.2, 0) is 0 Å². The number of rotatable bonds is 9. The first-order valence-corrected chi connectivity index (χ1v) is 15.7. The third kappa shape index (κ3) is 6.14. The van der Waals surface area contributed by atoms with Crippen LogP contribution in [0, 0.1) is 6.92 Å². The van der Waals surface area contributed by atoms with E-state index >= 15 is 0 Å². The monoisotopic (exact) mass is 599 g/mol. The molecule has 4 heteroatoms. The topological polar surface area (TPSA) is 38.7 Å². The van der Waals surface area contributed by atoms with Gasteiger partial charge in [0.1, 0.15) is 0 Å². The van der Waals surface area contributed by atoms with Gasteiger partial charge >= 0.3 is 0 Å². The molecule has 3 nitrogen and oxygen atoms in total. The first-order chi connectivity index (χ1) is 22.1. The van der Waals surface area contributed by atoms with Gasteiger partial charge in [-0.3, -0.25) is 0 Å². The highest BCUT2D eigenvalue weighted by atomic mass is 32.1. The molecule has 0 unspecified atom stereocenters. The molecule has 0 spiro atoms. The second kappa shape index (κ2) is 13.5. The van der Waals surface area contributed by atoms with Crippen molar-refractivity contribution in [2.24, 2.45) is 0 Å². The standard InChI is InChI=1S/C41H33N3S/c1-5-7-9-19-28(3)31-22-12-14-25-34(31)39-42-40(35-26-15-13-24-33(35)30-20-10-8-11-21-30)44-41(43-39)36(18-6-2)38-29(4)32-23-16-17-27-37(32)45-38/h5-27H,1-2H2,3-4H3/b9-7-,28-19+,36-18+. The normalized spacial score (nSPS) is 12.1. The fourth-order valence-corrected chi connectivity index (χ4v) is 6.71. The molecule has 6 rings (SSSR count). The minimum Gasteiger partial charge on any atom is -0.208 e. The molecule has 0 fully saturated rings. The van der Waals surface area contributed by atoms with E-state index in [-0.39, 0.29) is 0 Å². The summed E-state index contributed by atoms with van der Waals surface area (Å²) in [7, 11) is 0. The van der Waals surface area contributed by atoms with E-state index in [2.05, 4.69) is 112 Å². The van der Waals surface area contributed by atoms with Crippen molar-refractivity contribution in [3.05, 3.63) is 175 Å². The second-order valence-corrected chi connectivity index (χ2v) is 11.7. The lowest BCUT2D eigenvalue weighted by Gasteiger charge is -2.15. The van der Waals surface area contributed by atoms with Gasteiger partial charge in [-0.1, -0.05) is 147 Å². The molecule has 4 aromatic carbocycles. The van der Waals surface area contributed by atoms with Gasteiger partial charge in [0.05, 0.1) is 0 Å². The number of allylic oxidation sites excluding steroid dienone is 7. The first kappa shape index (κ1) is 29.6. The molecule has 0 aliphatic heterocycles. The molecule has 45 heavy (non-hydrogen) atoms. The van der Waals surface area contributed by atoms with E-state index in [1.165, 1.54) is 15.6 Å². The van der Waals surface area contributed by atoms with Gasteiger partial charge in [0.15, 0.2) is 17.5 Å². The maximum Gasteiger partial charge on any atom is 0.165 e. The highest BCUT2D eigenvalue weighted by Crippen LogP contribution is 2.39. The van der Waals surface area contributed by atoms with Crippen LogP contribution in [0.2, 0.25) is 0 Å². The summed E-state index contributed by atoms with van der Waals surface area (Å²) in [4.78, 5) is 16.7. The van der Waals surface area contributed by atoms with Crippen LogP contribution in [0.25, 0.3) is 55.1 Å². The summed E-state index contributed by atoms with van der Waals surface area (Å²) < 4.78 is 1.22. The summed E-state index contributed by atoms with van der Waals surface area (Å²) in [5, 5.41) is 1.23. The maximum atomic E-state index is 5.19. The summed E-state index contributed by atoms with van der Waals surface area (Å²) in [6.07, 6.45) is 11.6. The average Bonchev–Trinajstić information content (AvgIpc) is 3.43. The van der Waals surface area contributed by atoms with Crippen molar-refractivity contribution < 1.29 is 0 Å². The van der Waals surface area contributed by atoms with E-state index < -0.39 is 0 Å². The third-order valence-electron chi connectivity index (χ3n) is 7.69. The number of hydrogen-bond acceptors (Lipinski definition) is 4. The Bertz CT molecular complexity index is 2110. The molecule has 0 aliphatic carbocycles. The second-order valence-electron chi connectivity index (χ2n) is 10.6. The molecular formula is C41H33N3S. The molecule has 2 heterocycles. The Kier molecular flexibility index (Phi) is 8.86. The zero-order chi connectivity index (χ0) is 31.2. The van der Waals surface area contributed by atoms with Crippen molar-refractivity contribution >= 4 is 32.6 Å². The van der Waals surface area contributed by atoms with Crippen LogP contribution < -0.4 is 0 Å². The molecule has 0 bridgehead atoms. The molecule has 0 radical (unpaired) electrons. The van der Waals surface area contributed by atoms with Crippen LogP contribution in [0.15, 0.2) is 153 Å². The number of aryl methyl sites for hydroxylation is 1. The van der Waals surface area contributed by atoms with Crippen molar-refractivity contribution in [1.82, 2.24) is 15.0 Å². The zero-order valence-corrected chi connectivity index (χ0v) is 26.3. The highest BCUT2D eigenvalue weighted by molar-refractivity contribution is 7.20. The number of hydrogen-bond donors (Lipinski definition) is 0. The molecule has 218 valence electrons. The smallest absolute Gasteiger partial charge is 0.165 e. The molecule has 0 aliphatic rings. The lowest BCUT2D eigenvalue weighted by Crippen LogP contribution is -2.05. The Morgan fingerprint density at radius 2 is 1.29 bits per heavy atom. The Labute approximate surface area is 269 Å². The zero-order valence-electron chi connectivity index (χ0n) is 25.4. The first-order valence-electron chi connectivity index (χ1n) is 14.9. The van der Waals surface area contributed by atoms with Crippen LogP contribution in [0.5, 0.6) is 0 Å². The maximum absolute atomic E-state index is 5.19. The predicted octanol–water partition coefficient (Wildman–Crippen LogP) is 11.2. The predicted molar refractivity (Wildman–Crippen MR) is 193 cm³/mol. The molecule has 0 atom stereocenters. The van der Waals surface area contributed by atoms with Crippen LogP contribution >= 0.6 is 11.3 Å².